The average Bonchev–Trinajstić information content (AvgIpc) is 3.21. The van der Waals surface area contributed by atoms with Crippen LogP contribution in [0.4, 0.5) is 0 Å². The van der Waals surface area contributed by atoms with Crippen molar-refractivity contribution in [3.05, 3.63) is 36.5 Å². The van der Waals surface area contributed by atoms with E-state index in [1.165, 1.54) is 128 Å². The fraction of sp³-hybridized carbons (Fsp3) is 0.843. The fourth-order valence-electron chi connectivity index (χ4n) is 6.91. The van der Waals surface area contributed by atoms with Gasteiger partial charge in [-0.15, -0.1) is 0 Å². The van der Waals surface area contributed by atoms with Gasteiger partial charge in [-0.25, -0.2) is 0 Å². The average molecular weight is 882 g/mol. The summed E-state index contributed by atoms with van der Waals surface area (Å²) in [6, 6.07) is 0. The number of phosphoric ester groups is 1. The van der Waals surface area contributed by atoms with Gasteiger partial charge >= 0.3 is 11.9 Å². The van der Waals surface area contributed by atoms with E-state index in [0.717, 1.165) is 57.8 Å². The minimum atomic E-state index is -4.64. The van der Waals surface area contributed by atoms with Gasteiger partial charge in [0.1, 0.15) is 19.8 Å². The second-order valence-electron chi connectivity index (χ2n) is 18.2. The Hall–Kier alpha value is -1.77. The molecule has 0 aliphatic carbocycles. The quantitative estimate of drug-likeness (QED) is 0.0195. The Morgan fingerprint density at radius 1 is 0.492 bits per heavy atom. The van der Waals surface area contributed by atoms with Crippen LogP contribution < -0.4 is 4.89 Å². The van der Waals surface area contributed by atoms with Gasteiger partial charge in [-0.2, -0.15) is 0 Å². The van der Waals surface area contributed by atoms with Crippen LogP contribution in [0.15, 0.2) is 36.5 Å². The molecule has 0 saturated carbocycles. The van der Waals surface area contributed by atoms with Crippen LogP contribution >= 0.6 is 7.82 Å². The molecule has 0 spiro atoms. The number of hydrogen-bond acceptors (Lipinski definition) is 8. The summed E-state index contributed by atoms with van der Waals surface area (Å²) in [7, 11) is 1.14. The molecule has 0 bridgehead atoms. The second-order valence-corrected chi connectivity index (χ2v) is 19.6. The zero-order valence-corrected chi connectivity index (χ0v) is 41.3. The van der Waals surface area contributed by atoms with Crippen molar-refractivity contribution in [1.29, 1.82) is 0 Å². The van der Waals surface area contributed by atoms with E-state index >= 15 is 0 Å². The molecule has 2 atom stereocenters. The normalized spacial score (nSPS) is 13.7. The highest BCUT2D eigenvalue weighted by atomic mass is 31.2. The molecule has 9 nitrogen and oxygen atoms in total. The Balaban J connectivity index is 4.27. The van der Waals surface area contributed by atoms with Crippen molar-refractivity contribution in [2.45, 2.75) is 232 Å². The number of phosphoric acid groups is 1. The lowest BCUT2D eigenvalue weighted by atomic mass is 10.0. The smallest absolute Gasteiger partial charge is 0.306 e. The van der Waals surface area contributed by atoms with E-state index in [-0.39, 0.29) is 26.1 Å². The van der Waals surface area contributed by atoms with Gasteiger partial charge in [-0.05, 0) is 70.6 Å². The first-order valence-corrected chi connectivity index (χ1v) is 26.7. The standard InChI is InChI=1S/C51H96NO8P/c1-6-8-10-12-14-16-18-20-22-23-24-25-26-27-28-29-30-32-33-35-37-39-41-43-50(53)57-47-49(48-59-61(55,56)58-46-45-52(3,4)5)60-51(54)44-42-40-38-36-34-31-21-19-17-15-13-11-9-7-2/h19,21,29-30,35,37,49H,6-18,20,22-28,31-34,36,38-48H2,1-5H3/b21-19+,30-29+,37-35+/t49-/m0/s1. The molecule has 0 aromatic rings. The Bertz CT molecular complexity index is 1130. The van der Waals surface area contributed by atoms with Crippen LogP contribution in [0.5, 0.6) is 0 Å². The number of carbonyl (C=O) groups excluding carboxylic acids is 2. The van der Waals surface area contributed by atoms with E-state index < -0.39 is 32.5 Å². The summed E-state index contributed by atoms with van der Waals surface area (Å²) in [6.45, 7) is 4.19. The van der Waals surface area contributed by atoms with E-state index in [1.54, 1.807) is 0 Å². The molecule has 0 amide bonds. The van der Waals surface area contributed by atoms with Crippen molar-refractivity contribution < 1.29 is 42.1 Å². The van der Waals surface area contributed by atoms with E-state index in [1.807, 2.05) is 21.1 Å². The summed E-state index contributed by atoms with van der Waals surface area (Å²) < 4.78 is 33.9. The molecule has 0 radical (unpaired) electrons. The maximum Gasteiger partial charge on any atom is 0.306 e. The summed E-state index contributed by atoms with van der Waals surface area (Å²) in [4.78, 5) is 37.6. The van der Waals surface area contributed by atoms with Crippen molar-refractivity contribution >= 4 is 19.8 Å². The van der Waals surface area contributed by atoms with Crippen LogP contribution in [0.3, 0.4) is 0 Å². The number of ether oxygens (including phenoxy) is 2. The number of esters is 2. The number of rotatable bonds is 46. The zero-order valence-electron chi connectivity index (χ0n) is 40.4. The maximum atomic E-state index is 12.7. The third-order valence-corrected chi connectivity index (χ3v) is 11.8. The van der Waals surface area contributed by atoms with Gasteiger partial charge in [-0.1, -0.05) is 179 Å². The highest BCUT2D eigenvalue weighted by Gasteiger charge is 2.21. The summed E-state index contributed by atoms with van der Waals surface area (Å²) >= 11 is 0. The molecule has 0 heterocycles. The predicted octanol–water partition coefficient (Wildman–Crippen LogP) is 14.2. The van der Waals surface area contributed by atoms with Gasteiger partial charge in [0.25, 0.3) is 7.82 Å². The molecule has 358 valence electrons. The Kier molecular flexibility index (Phi) is 42.2. The van der Waals surface area contributed by atoms with Crippen LogP contribution in [0, 0.1) is 0 Å². The summed E-state index contributed by atoms with van der Waals surface area (Å²) in [5.74, 6) is -0.889. The number of carbonyl (C=O) groups is 2. The lowest BCUT2D eigenvalue weighted by molar-refractivity contribution is -0.870. The number of quaternary nitrogens is 1. The van der Waals surface area contributed by atoms with Crippen LogP contribution in [-0.4, -0.2) is 70.0 Å². The molecule has 0 saturated heterocycles. The number of nitrogens with zero attached hydrogens (tertiary/aromatic N) is 1. The number of hydrogen-bond donors (Lipinski definition) is 0. The molecular weight excluding hydrogens is 786 g/mol. The van der Waals surface area contributed by atoms with Crippen LogP contribution in [0.25, 0.3) is 0 Å². The highest BCUT2D eigenvalue weighted by molar-refractivity contribution is 7.45. The molecule has 0 aliphatic heterocycles. The third-order valence-electron chi connectivity index (χ3n) is 10.9. The van der Waals surface area contributed by atoms with E-state index in [4.69, 9.17) is 18.5 Å². The van der Waals surface area contributed by atoms with Crippen molar-refractivity contribution in [1.82, 2.24) is 0 Å². The molecule has 0 aromatic carbocycles. The SMILES string of the molecule is CCCCCCC/C=C/CCCCCCCC(=O)O[C@@H](COC(=O)CCC/C=C/CC/C=C/CCCCCCCCCCCCCCCC)COP(=O)([O-])OCC[N+](C)(C)C. The number of allylic oxidation sites excluding steroid dienone is 6. The monoisotopic (exact) mass is 882 g/mol. The van der Waals surface area contributed by atoms with Crippen molar-refractivity contribution in [3.8, 4) is 0 Å². The zero-order chi connectivity index (χ0) is 45.0. The van der Waals surface area contributed by atoms with Crippen LogP contribution in [-0.2, 0) is 32.7 Å². The minimum Gasteiger partial charge on any atom is -0.756 e. The van der Waals surface area contributed by atoms with Gasteiger partial charge in [0.2, 0.25) is 0 Å². The van der Waals surface area contributed by atoms with Gasteiger partial charge in [-0.3, -0.25) is 14.2 Å². The Morgan fingerprint density at radius 2 is 0.869 bits per heavy atom. The lowest BCUT2D eigenvalue weighted by Gasteiger charge is -2.28. The van der Waals surface area contributed by atoms with Crippen molar-refractivity contribution in [2.75, 3.05) is 47.5 Å². The van der Waals surface area contributed by atoms with Gasteiger partial charge < -0.3 is 27.9 Å². The Labute approximate surface area is 376 Å². The van der Waals surface area contributed by atoms with Crippen LogP contribution in [0.2, 0.25) is 0 Å². The first-order valence-electron chi connectivity index (χ1n) is 25.2. The predicted molar refractivity (Wildman–Crippen MR) is 254 cm³/mol. The van der Waals surface area contributed by atoms with Crippen molar-refractivity contribution in [3.63, 3.8) is 0 Å². The van der Waals surface area contributed by atoms with Gasteiger partial charge in [0.05, 0.1) is 27.7 Å². The largest absolute Gasteiger partial charge is 0.756 e. The lowest BCUT2D eigenvalue weighted by Crippen LogP contribution is -2.37. The topological polar surface area (TPSA) is 111 Å². The molecule has 10 heteroatoms. The molecule has 0 rings (SSSR count). The maximum absolute atomic E-state index is 12.7. The molecule has 0 aromatic heterocycles. The molecule has 61 heavy (non-hydrogen) atoms. The van der Waals surface area contributed by atoms with Crippen LogP contribution in [0.1, 0.15) is 226 Å². The van der Waals surface area contributed by atoms with E-state index in [2.05, 4.69) is 50.3 Å². The Morgan fingerprint density at radius 3 is 1.31 bits per heavy atom. The summed E-state index contributed by atoms with van der Waals surface area (Å²) in [5.41, 5.74) is 0. The van der Waals surface area contributed by atoms with E-state index in [9.17, 15) is 19.0 Å². The number of likely N-dealkylation sites (N-methyl/N-ethyl adjacent to an activating group) is 1. The van der Waals surface area contributed by atoms with Gasteiger partial charge in [0, 0.05) is 12.8 Å². The second kappa shape index (κ2) is 43.5. The number of unbranched alkanes of at least 4 members (excludes halogenated alkanes) is 26. The third kappa shape index (κ3) is 47.5. The first-order chi connectivity index (χ1) is 29.5. The van der Waals surface area contributed by atoms with Gasteiger partial charge in [0.15, 0.2) is 6.10 Å². The molecule has 0 fully saturated rings. The molecule has 0 N–H and O–H groups in total. The fourth-order valence-corrected chi connectivity index (χ4v) is 7.63. The molecule has 1 unspecified atom stereocenters. The van der Waals surface area contributed by atoms with Crippen molar-refractivity contribution in [2.24, 2.45) is 0 Å². The molecule has 0 aliphatic rings. The van der Waals surface area contributed by atoms with E-state index in [0.29, 0.717) is 23.9 Å². The molecular formula is C51H96NO8P. The first kappa shape index (κ1) is 59.2. The summed E-state index contributed by atoms with van der Waals surface area (Å²) in [5, 5.41) is 0. The highest BCUT2D eigenvalue weighted by Crippen LogP contribution is 2.38. The minimum absolute atomic E-state index is 0.0379. The summed E-state index contributed by atoms with van der Waals surface area (Å²) in [6.07, 6.45) is 50.5.